The number of furan rings is 1. The Hall–Kier alpha value is -6.18. The summed E-state index contributed by atoms with van der Waals surface area (Å²) in [5.74, 6) is 0.243. The summed E-state index contributed by atoms with van der Waals surface area (Å²) in [6, 6.07) is 23.6. The first-order valence-corrected chi connectivity index (χ1v) is 15.0. The van der Waals surface area contributed by atoms with Crippen molar-refractivity contribution < 1.29 is 22.2 Å². The van der Waals surface area contributed by atoms with E-state index < -0.39 is 84.1 Å². The van der Waals surface area contributed by atoms with E-state index >= 15 is 0 Å². The van der Waals surface area contributed by atoms with Gasteiger partial charge in [0.2, 0.25) is 0 Å². The molecule has 9 aromatic rings. The van der Waals surface area contributed by atoms with Gasteiger partial charge < -0.3 is 4.42 Å². The Labute approximate surface area is 292 Å². The van der Waals surface area contributed by atoms with E-state index in [-0.39, 0.29) is 44.0 Å². The van der Waals surface area contributed by atoms with E-state index in [0.717, 1.165) is 22.3 Å². The summed E-state index contributed by atoms with van der Waals surface area (Å²) >= 11 is 0. The standard InChI is InChI=1S/C46H30O/c1-4-14-31(15-5-1)33-24-26-35(27-25-33)46-45(41-30-36(28-29-42(41)47-46)32-16-6-2-7-17-32)44-39-22-12-10-20-37(39)43(34-18-8-3-9-19-34)38-21-11-13-23-40(38)44/h1-30H/i3D,8D,9D,10D,11D,12D,13D,18D,19D,20D,21D,22D,23D. The van der Waals surface area contributed by atoms with Gasteiger partial charge in [-0.05, 0) is 67.1 Å². The second-order valence-electron chi connectivity index (χ2n) is 11.1. The van der Waals surface area contributed by atoms with Gasteiger partial charge in [-0.15, -0.1) is 0 Å². The van der Waals surface area contributed by atoms with Crippen molar-refractivity contribution in [3.05, 3.63) is 182 Å². The third kappa shape index (κ3) is 4.64. The highest BCUT2D eigenvalue weighted by atomic mass is 16.3. The quantitative estimate of drug-likeness (QED) is 0.176. The molecule has 0 atom stereocenters. The smallest absolute Gasteiger partial charge is 0.143 e. The highest BCUT2D eigenvalue weighted by molar-refractivity contribution is 6.25. The molecule has 8 aromatic carbocycles. The van der Waals surface area contributed by atoms with Gasteiger partial charge in [0.1, 0.15) is 11.3 Å². The monoisotopic (exact) mass is 611 g/mol. The molecule has 47 heavy (non-hydrogen) atoms. The molecule has 220 valence electrons. The van der Waals surface area contributed by atoms with Gasteiger partial charge >= 0.3 is 0 Å². The van der Waals surface area contributed by atoms with Crippen LogP contribution in [0.2, 0.25) is 0 Å². The maximum atomic E-state index is 9.52. The molecule has 0 amide bonds. The molecule has 0 N–H and O–H groups in total. The number of fused-ring (bicyclic) bond motifs is 3. The minimum absolute atomic E-state index is 0.00112. The van der Waals surface area contributed by atoms with Gasteiger partial charge in [0.05, 0.1) is 17.8 Å². The zero-order chi connectivity index (χ0) is 42.5. The number of rotatable bonds is 5. The molecule has 1 heterocycles. The molecule has 0 saturated carbocycles. The highest BCUT2D eigenvalue weighted by Gasteiger charge is 2.24. The summed E-state index contributed by atoms with van der Waals surface area (Å²) in [6.45, 7) is 0. The fraction of sp³-hybridized carbons (Fsp3) is 0. The van der Waals surface area contributed by atoms with Crippen LogP contribution in [0.4, 0.5) is 0 Å². The minimum Gasteiger partial charge on any atom is -0.455 e. The highest BCUT2D eigenvalue weighted by Crippen LogP contribution is 2.50. The topological polar surface area (TPSA) is 13.1 Å². The molecule has 0 radical (unpaired) electrons. The normalized spacial score (nSPS) is 15.3. The molecule has 9 rings (SSSR count). The fourth-order valence-corrected chi connectivity index (χ4v) is 6.30. The Morgan fingerprint density at radius 2 is 0.809 bits per heavy atom. The van der Waals surface area contributed by atoms with Crippen molar-refractivity contribution in [1.82, 2.24) is 0 Å². The largest absolute Gasteiger partial charge is 0.455 e. The van der Waals surface area contributed by atoms with E-state index in [2.05, 4.69) is 0 Å². The first kappa shape index (κ1) is 16.9. The molecule has 0 fully saturated rings. The third-order valence-corrected chi connectivity index (χ3v) is 8.42. The maximum absolute atomic E-state index is 9.52. The number of hydrogen-bond donors (Lipinski definition) is 0. The van der Waals surface area contributed by atoms with Gasteiger partial charge in [-0.1, -0.05) is 170 Å². The van der Waals surface area contributed by atoms with E-state index in [1.165, 1.54) is 0 Å². The molecule has 0 spiro atoms. The van der Waals surface area contributed by atoms with Crippen molar-refractivity contribution in [2.24, 2.45) is 0 Å². The maximum Gasteiger partial charge on any atom is 0.143 e. The second kappa shape index (κ2) is 11.3. The lowest BCUT2D eigenvalue weighted by atomic mass is 9.84. The van der Waals surface area contributed by atoms with Gasteiger partial charge in [0.15, 0.2) is 0 Å². The van der Waals surface area contributed by atoms with E-state index in [9.17, 15) is 5.48 Å². The van der Waals surface area contributed by atoms with Crippen molar-refractivity contribution in [2.75, 3.05) is 0 Å². The Morgan fingerprint density at radius 1 is 0.340 bits per heavy atom. The lowest BCUT2D eigenvalue weighted by molar-refractivity contribution is 0.632. The van der Waals surface area contributed by atoms with Gasteiger partial charge in [0, 0.05) is 22.1 Å². The van der Waals surface area contributed by atoms with E-state index in [4.69, 9.17) is 16.8 Å². The van der Waals surface area contributed by atoms with Crippen LogP contribution in [0.25, 0.3) is 88.3 Å². The zero-order valence-electron chi connectivity index (χ0n) is 37.7. The van der Waals surface area contributed by atoms with Gasteiger partial charge in [-0.2, -0.15) is 0 Å². The predicted octanol–water partition coefficient (Wildman–Crippen LogP) is 13.1. The van der Waals surface area contributed by atoms with Crippen LogP contribution >= 0.6 is 0 Å². The van der Waals surface area contributed by atoms with Crippen LogP contribution in [0.5, 0.6) is 0 Å². The molecule has 0 aliphatic carbocycles. The van der Waals surface area contributed by atoms with Crippen LogP contribution in [0, 0.1) is 0 Å². The molecule has 1 heteroatoms. The van der Waals surface area contributed by atoms with Crippen molar-refractivity contribution in [1.29, 1.82) is 0 Å². The SMILES string of the molecule is [2H]c1c([2H])c([2H])c(-c2c3c([2H])c([2H])c([2H])c([2H])c3c(-c3c(-c4ccc(-c5ccccc5)cc4)oc4ccc(-c5ccccc5)cc34)c3c([2H])c([2H])c([2H])c([2H])c23)c([2H])c1[2H]. The lowest BCUT2D eigenvalue weighted by Crippen LogP contribution is -1.91. The van der Waals surface area contributed by atoms with Gasteiger partial charge in [0.25, 0.3) is 0 Å². The molecule has 1 nitrogen and oxygen atoms in total. The molecule has 1 aromatic heterocycles. The third-order valence-electron chi connectivity index (χ3n) is 8.42. The summed E-state index contributed by atoms with van der Waals surface area (Å²) in [5, 5.41) is -0.473. The van der Waals surface area contributed by atoms with Gasteiger partial charge in [-0.25, -0.2) is 0 Å². The molecule has 0 unspecified atom stereocenters. The predicted molar refractivity (Wildman–Crippen MR) is 198 cm³/mol. The second-order valence-corrected chi connectivity index (χ2v) is 11.1. The van der Waals surface area contributed by atoms with Crippen LogP contribution in [-0.2, 0) is 0 Å². The average molecular weight is 612 g/mol. The van der Waals surface area contributed by atoms with Crippen molar-refractivity contribution in [3.63, 3.8) is 0 Å². The molecule has 0 saturated heterocycles. The van der Waals surface area contributed by atoms with Crippen molar-refractivity contribution in [3.8, 4) is 55.8 Å². The molecular formula is C46H30O. The molecule has 0 aliphatic heterocycles. The van der Waals surface area contributed by atoms with Crippen molar-refractivity contribution >= 4 is 32.5 Å². The molecule has 0 aliphatic rings. The van der Waals surface area contributed by atoms with Crippen LogP contribution < -0.4 is 0 Å². The zero-order valence-corrected chi connectivity index (χ0v) is 24.7. The summed E-state index contributed by atoms with van der Waals surface area (Å²) < 4.78 is 124. The van der Waals surface area contributed by atoms with Crippen LogP contribution in [0.3, 0.4) is 0 Å². The van der Waals surface area contributed by atoms with Crippen LogP contribution in [0.1, 0.15) is 17.8 Å². The van der Waals surface area contributed by atoms with E-state index in [0.29, 0.717) is 16.5 Å². The van der Waals surface area contributed by atoms with Crippen molar-refractivity contribution in [2.45, 2.75) is 0 Å². The van der Waals surface area contributed by atoms with Gasteiger partial charge in [-0.3, -0.25) is 0 Å². The minimum atomic E-state index is -0.728. The fourth-order valence-electron chi connectivity index (χ4n) is 6.30. The number of benzene rings is 8. The Balaban J connectivity index is 1.55. The van der Waals surface area contributed by atoms with E-state index in [1.807, 2.05) is 97.1 Å². The summed E-state index contributed by atoms with van der Waals surface area (Å²) in [5.41, 5.74) is 3.89. The summed E-state index contributed by atoms with van der Waals surface area (Å²) in [4.78, 5) is 0. The Bertz CT molecular complexity index is 3160. The van der Waals surface area contributed by atoms with E-state index in [1.54, 1.807) is 6.07 Å². The first-order chi connectivity index (χ1) is 28.7. The Morgan fingerprint density at radius 3 is 1.40 bits per heavy atom. The lowest BCUT2D eigenvalue weighted by Gasteiger charge is -2.18. The van der Waals surface area contributed by atoms with Crippen LogP contribution in [0.15, 0.2) is 186 Å². The number of hydrogen-bond acceptors (Lipinski definition) is 1. The average Bonchev–Trinajstić information content (AvgIpc) is 3.66. The summed E-state index contributed by atoms with van der Waals surface area (Å²) in [6.07, 6.45) is 0. The first-order valence-electron chi connectivity index (χ1n) is 21.5. The molecule has 0 bridgehead atoms. The summed E-state index contributed by atoms with van der Waals surface area (Å²) in [7, 11) is 0. The van der Waals surface area contributed by atoms with Crippen LogP contribution in [-0.4, -0.2) is 0 Å². The molecular weight excluding hydrogens is 569 g/mol. The Kier molecular flexibility index (Phi) is 4.08.